The maximum Gasteiger partial charge on any atom is 0.416 e. The van der Waals surface area contributed by atoms with Crippen LogP contribution >= 0.6 is 38.9 Å². The first-order valence-electron chi connectivity index (χ1n) is 8.75. The lowest BCUT2D eigenvalue weighted by Crippen LogP contribution is -2.41. The van der Waals surface area contributed by atoms with E-state index in [-0.39, 0.29) is 18.5 Å². The lowest BCUT2D eigenvalue weighted by molar-refractivity contribution is -0.138. The zero-order valence-corrected chi connectivity index (χ0v) is 18.8. The first-order chi connectivity index (χ1) is 14.1. The number of benzene rings is 1. The molecular weight excluding hydrogens is 505 g/mol. The summed E-state index contributed by atoms with van der Waals surface area (Å²) in [4.78, 5) is 13.7. The fraction of sp³-hybridized carbons (Fsp3) is 0.263. The third-order valence-electron chi connectivity index (χ3n) is 4.43. The molecule has 0 saturated heterocycles. The van der Waals surface area contributed by atoms with Gasteiger partial charge in [0.15, 0.2) is 0 Å². The third kappa shape index (κ3) is 4.88. The maximum absolute atomic E-state index is 13.2. The second-order valence-electron chi connectivity index (χ2n) is 6.52. The molecule has 0 saturated carbocycles. The Labute approximate surface area is 188 Å². The highest BCUT2D eigenvalue weighted by Crippen LogP contribution is 2.39. The molecule has 1 atom stereocenters. The molecular formula is C19H17BrClF3N4OS. The normalized spacial score (nSPS) is 12.8. The molecule has 160 valence electrons. The van der Waals surface area contributed by atoms with Gasteiger partial charge in [-0.25, -0.2) is 0 Å². The Morgan fingerprint density at radius 2 is 2.10 bits per heavy atom. The number of amides is 1. The second kappa shape index (κ2) is 9.09. The summed E-state index contributed by atoms with van der Waals surface area (Å²) in [5.74, 6) is -0.452. The number of nitrogens with one attached hydrogen (secondary N) is 1. The van der Waals surface area contributed by atoms with E-state index in [0.29, 0.717) is 14.8 Å². The minimum absolute atomic E-state index is 0.0167. The third-order valence-corrected chi connectivity index (χ3v) is 6.56. The molecule has 1 amide bonds. The van der Waals surface area contributed by atoms with Gasteiger partial charge < -0.3 is 11.1 Å². The van der Waals surface area contributed by atoms with Crippen molar-refractivity contribution in [3.63, 3.8) is 0 Å². The predicted octanol–water partition coefficient (Wildman–Crippen LogP) is 4.88. The van der Waals surface area contributed by atoms with Gasteiger partial charge in [0.1, 0.15) is 0 Å². The van der Waals surface area contributed by atoms with Gasteiger partial charge >= 0.3 is 6.18 Å². The first-order valence-corrected chi connectivity index (χ1v) is 10.7. The number of nitrogens with two attached hydrogens (primary N) is 1. The quantitative estimate of drug-likeness (QED) is 0.485. The van der Waals surface area contributed by atoms with Gasteiger partial charge in [0.25, 0.3) is 5.91 Å². The van der Waals surface area contributed by atoms with Gasteiger partial charge in [-0.15, -0.1) is 11.3 Å². The smallest absolute Gasteiger partial charge is 0.347 e. The van der Waals surface area contributed by atoms with Crippen LogP contribution in [0.15, 0.2) is 41.0 Å². The minimum atomic E-state index is -4.48. The number of halogens is 5. The summed E-state index contributed by atoms with van der Waals surface area (Å²) in [6.07, 6.45) is -2.91. The molecule has 2 heterocycles. The van der Waals surface area contributed by atoms with Crippen molar-refractivity contribution >= 4 is 44.8 Å². The number of carbonyl (C=O) groups is 1. The highest BCUT2D eigenvalue weighted by molar-refractivity contribution is 9.10. The maximum atomic E-state index is 13.2. The number of aromatic nitrogens is 2. The first kappa shape index (κ1) is 22.8. The number of alkyl halides is 3. The number of nitrogens with zero attached hydrogens (tertiary/aromatic N) is 2. The summed E-state index contributed by atoms with van der Waals surface area (Å²) in [7, 11) is 1.75. The molecule has 3 N–H and O–H groups in total. The van der Waals surface area contributed by atoms with Gasteiger partial charge in [-0.3, -0.25) is 9.48 Å². The van der Waals surface area contributed by atoms with Crippen molar-refractivity contribution in [3.8, 4) is 10.6 Å². The molecule has 0 aliphatic heterocycles. The summed E-state index contributed by atoms with van der Waals surface area (Å²) in [6.45, 7) is -0.0167. The highest BCUT2D eigenvalue weighted by atomic mass is 79.9. The van der Waals surface area contributed by atoms with Gasteiger partial charge in [-0.05, 0) is 40.0 Å². The molecule has 0 bridgehead atoms. The van der Waals surface area contributed by atoms with Crippen molar-refractivity contribution < 1.29 is 18.0 Å². The van der Waals surface area contributed by atoms with Gasteiger partial charge in [0, 0.05) is 19.6 Å². The predicted molar refractivity (Wildman–Crippen MR) is 115 cm³/mol. The Bertz CT molecular complexity index is 1050. The number of hydrogen-bond donors (Lipinski definition) is 2. The zero-order chi connectivity index (χ0) is 22.1. The van der Waals surface area contributed by atoms with E-state index in [1.807, 2.05) is 0 Å². The average Bonchev–Trinajstić information content (AvgIpc) is 3.22. The van der Waals surface area contributed by atoms with Crippen molar-refractivity contribution in [2.45, 2.75) is 18.6 Å². The molecule has 3 aromatic rings. The zero-order valence-electron chi connectivity index (χ0n) is 15.6. The van der Waals surface area contributed by atoms with Crippen LogP contribution in [0.25, 0.3) is 10.6 Å². The van der Waals surface area contributed by atoms with Crippen LogP contribution in [0, 0.1) is 0 Å². The van der Waals surface area contributed by atoms with Gasteiger partial charge in [0.05, 0.1) is 36.7 Å². The Morgan fingerprint density at radius 1 is 1.40 bits per heavy atom. The standard InChI is InChI=1S/C19H17BrClF3N4OS/c1-28-16(13(20)9-26-28)17-14(21)7-15(30-17)18(29)27-11(8-25)6-10-4-2-3-5-12(10)19(22,23)24/h2-5,7,9,11H,6,8,25H2,1H3,(H,27,29)/t11-/m0/s1. The molecule has 0 spiro atoms. The van der Waals surface area contributed by atoms with Crippen molar-refractivity contribution in [2.75, 3.05) is 6.54 Å². The van der Waals surface area contributed by atoms with Crippen molar-refractivity contribution in [1.29, 1.82) is 0 Å². The van der Waals surface area contributed by atoms with E-state index in [1.165, 1.54) is 24.3 Å². The molecule has 11 heteroatoms. The lowest BCUT2D eigenvalue weighted by Gasteiger charge is -2.19. The molecule has 30 heavy (non-hydrogen) atoms. The fourth-order valence-corrected chi connectivity index (χ4v) is 5.10. The summed E-state index contributed by atoms with van der Waals surface area (Å²) in [5.41, 5.74) is 5.78. The topological polar surface area (TPSA) is 72.9 Å². The van der Waals surface area contributed by atoms with E-state index >= 15 is 0 Å². The molecule has 0 radical (unpaired) electrons. The van der Waals surface area contributed by atoms with Gasteiger partial charge in [-0.2, -0.15) is 18.3 Å². The van der Waals surface area contributed by atoms with Crippen molar-refractivity contribution in [1.82, 2.24) is 15.1 Å². The molecule has 2 aromatic heterocycles. The van der Waals surface area contributed by atoms with E-state index in [9.17, 15) is 18.0 Å². The molecule has 0 unspecified atom stereocenters. The van der Waals surface area contributed by atoms with E-state index in [1.54, 1.807) is 17.9 Å². The van der Waals surface area contributed by atoms with E-state index in [2.05, 4.69) is 26.3 Å². The van der Waals surface area contributed by atoms with Crippen LogP contribution in [-0.2, 0) is 19.6 Å². The Balaban J connectivity index is 1.80. The van der Waals surface area contributed by atoms with Crippen LogP contribution in [0.2, 0.25) is 5.02 Å². The summed E-state index contributed by atoms with van der Waals surface area (Å²) >= 11 is 10.9. The largest absolute Gasteiger partial charge is 0.416 e. The van der Waals surface area contributed by atoms with Crippen molar-refractivity contribution in [3.05, 3.63) is 62.0 Å². The number of thiophene rings is 1. The fourth-order valence-electron chi connectivity index (χ4n) is 3.00. The molecule has 5 nitrogen and oxygen atoms in total. The summed E-state index contributed by atoms with van der Waals surface area (Å²) < 4.78 is 42.1. The van der Waals surface area contributed by atoms with Crippen LogP contribution in [0.1, 0.15) is 20.8 Å². The Hall–Kier alpha value is -1.88. The van der Waals surface area contributed by atoms with Gasteiger partial charge in [0.2, 0.25) is 0 Å². The highest BCUT2D eigenvalue weighted by Gasteiger charge is 2.33. The van der Waals surface area contributed by atoms with E-state index in [0.717, 1.165) is 27.6 Å². The Morgan fingerprint density at radius 3 is 2.70 bits per heavy atom. The van der Waals surface area contributed by atoms with Crippen LogP contribution in [0.5, 0.6) is 0 Å². The second-order valence-corrected chi connectivity index (χ2v) is 8.83. The van der Waals surface area contributed by atoms with Crippen molar-refractivity contribution in [2.24, 2.45) is 12.8 Å². The number of carbonyl (C=O) groups excluding carboxylic acids is 1. The number of aryl methyl sites for hydroxylation is 1. The molecule has 0 aliphatic rings. The average molecular weight is 522 g/mol. The van der Waals surface area contributed by atoms with Crippen LogP contribution in [-0.4, -0.2) is 28.3 Å². The lowest BCUT2D eigenvalue weighted by atomic mass is 9.99. The van der Waals surface area contributed by atoms with E-state index < -0.39 is 23.7 Å². The summed E-state index contributed by atoms with van der Waals surface area (Å²) in [5, 5.41) is 7.22. The van der Waals surface area contributed by atoms with Crippen LogP contribution < -0.4 is 11.1 Å². The molecule has 1 aromatic carbocycles. The molecule has 0 aliphatic carbocycles. The van der Waals surface area contributed by atoms with Crippen LogP contribution in [0.3, 0.4) is 0 Å². The van der Waals surface area contributed by atoms with E-state index in [4.69, 9.17) is 17.3 Å². The van der Waals surface area contributed by atoms with Gasteiger partial charge in [-0.1, -0.05) is 29.8 Å². The summed E-state index contributed by atoms with van der Waals surface area (Å²) in [6, 6.07) is 6.10. The SMILES string of the molecule is Cn1ncc(Br)c1-c1sc(C(=O)N[C@H](CN)Cc2ccccc2C(F)(F)F)cc1Cl. The minimum Gasteiger partial charge on any atom is -0.347 e. The monoisotopic (exact) mass is 520 g/mol. The number of hydrogen-bond acceptors (Lipinski definition) is 4. The molecule has 3 rings (SSSR count). The Kier molecular flexibility index (Phi) is 6.91. The van der Waals surface area contributed by atoms with Crippen LogP contribution in [0.4, 0.5) is 13.2 Å². The number of rotatable bonds is 6. The molecule has 0 fully saturated rings.